The van der Waals surface area contributed by atoms with Gasteiger partial charge in [-0.15, -0.1) is 10.2 Å². The number of hydrogen-bond acceptors (Lipinski definition) is 4. The summed E-state index contributed by atoms with van der Waals surface area (Å²) in [6, 6.07) is 6.08. The van der Waals surface area contributed by atoms with Crippen molar-refractivity contribution in [2.24, 2.45) is 0 Å². The highest BCUT2D eigenvalue weighted by Crippen LogP contribution is 2.35. The molecule has 1 amide bonds. The van der Waals surface area contributed by atoms with Crippen molar-refractivity contribution >= 4 is 28.5 Å². The normalized spacial score (nSPS) is 15.9. The Kier molecular flexibility index (Phi) is 5.12. The highest BCUT2D eigenvalue weighted by molar-refractivity contribution is 7.15. The number of nitrogens with zero attached hydrogens (tertiary/aromatic N) is 2. The summed E-state index contributed by atoms with van der Waals surface area (Å²) in [6.07, 6.45) is 9.02. The van der Waals surface area contributed by atoms with Crippen LogP contribution in [-0.4, -0.2) is 16.1 Å². The maximum Gasteiger partial charge on any atom is 0.250 e. The highest BCUT2D eigenvalue weighted by atomic mass is 32.1. The van der Waals surface area contributed by atoms with Crippen molar-refractivity contribution in [1.29, 1.82) is 0 Å². The lowest BCUT2D eigenvalue weighted by molar-refractivity contribution is -0.111. The van der Waals surface area contributed by atoms with E-state index in [1.54, 1.807) is 18.2 Å². The summed E-state index contributed by atoms with van der Waals surface area (Å²) in [7, 11) is 0. The van der Waals surface area contributed by atoms with E-state index >= 15 is 0 Å². The summed E-state index contributed by atoms with van der Waals surface area (Å²) in [5.74, 6) is -0.135. The molecule has 1 N–H and O–H groups in total. The summed E-state index contributed by atoms with van der Waals surface area (Å²) >= 11 is 1.44. The van der Waals surface area contributed by atoms with Crippen molar-refractivity contribution in [1.82, 2.24) is 10.2 Å². The van der Waals surface area contributed by atoms with E-state index in [4.69, 9.17) is 0 Å². The first-order valence-corrected chi connectivity index (χ1v) is 8.60. The van der Waals surface area contributed by atoms with Crippen molar-refractivity contribution in [3.8, 4) is 0 Å². The number of carbonyl (C=O) groups is 1. The molecule has 0 radical (unpaired) electrons. The molecule has 0 aliphatic heterocycles. The van der Waals surface area contributed by atoms with Gasteiger partial charge < -0.3 is 0 Å². The molecule has 0 unspecified atom stereocenters. The number of nitrogens with one attached hydrogen (secondary N) is 1. The quantitative estimate of drug-likeness (QED) is 0.846. The number of rotatable bonds is 4. The summed E-state index contributed by atoms with van der Waals surface area (Å²) in [6.45, 7) is 0. The summed E-state index contributed by atoms with van der Waals surface area (Å²) < 4.78 is 13.1. The number of halogens is 1. The third-order valence-corrected chi connectivity index (χ3v) is 4.90. The lowest BCUT2D eigenvalue weighted by Gasteiger charge is -2.18. The van der Waals surface area contributed by atoms with Crippen molar-refractivity contribution in [2.75, 3.05) is 5.32 Å². The van der Waals surface area contributed by atoms with Crippen LogP contribution in [0.15, 0.2) is 30.3 Å². The summed E-state index contributed by atoms with van der Waals surface area (Å²) in [5, 5.41) is 12.5. The molecule has 1 saturated carbocycles. The predicted octanol–water partition coefficient (Wildman–Crippen LogP) is 4.38. The van der Waals surface area contributed by atoms with Crippen molar-refractivity contribution in [3.05, 3.63) is 46.7 Å². The molecule has 120 valence electrons. The smallest absolute Gasteiger partial charge is 0.250 e. The average Bonchev–Trinajstić information content (AvgIpc) is 3.02. The molecular weight excluding hydrogens is 313 g/mol. The molecule has 3 rings (SSSR count). The van der Waals surface area contributed by atoms with E-state index < -0.39 is 0 Å². The molecular formula is C17H18FN3OS. The number of carbonyl (C=O) groups excluding carboxylic acids is 1. The zero-order valence-electron chi connectivity index (χ0n) is 12.7. The highest BCUT2D eigenvalue weighted by Gasteiger charge is 2.19. The van der Waals surface area contributed by atoms with Crippen LogP contribution in [0.5, 0.6) is 0 Å². The van der Waals surface area contributed by atoms with Crippen LogP contribution in [0.25, 0.3) is 6.08 Å². The van der Waals surface area contributed by atoms with Gasteiger partial charge in [0.1, 0.15) is 10.8 Å². The molecule has 1 aromatic heterocycles. The molecule has 6 heteroatoms. The lowest BCUT2D eigenvalue weighted by Crippen LogP contribution is -2.07. The van der Waals surface area contributed by atoms with E-state index in [1.165, 1.54) is 48.8 Å². The van der Waals surface area contributed by atoms with Gasteiger partial charge in [-0.2, -0.15) is 0 Å². The van der Waals surface area contributed by atoms with Gasteiger partial charge in [-0.3, -0.25) is 10.1 Å². The molecule has 1 fully saturated rings. The molecule has 1 heterocycles. The standard InChI is InChI=1S/C17H18FN3OS/c18-14-8-4-5-12(11-14)9-10-15(22)19-17-21-20-16(23-17)13-6-2-1-3-7-13/h4-5,8-11,13H,1-3,6-7H2,(H,19,21,22)/b10-9+. The predicted molar refractivity (Wildman–Crippen MR) is 89.8 cm³/mol. The third kappa shape index (κ3) is 4.45. The van der Waals surface area contributed by atoms with Crippen molar-refractivity contribution in [3.63, 3.8) is 0 Å². The second-order valence-corrected chi connectivity index (χ2v) is 6.67. The largest absolute Gasteiger partial charge is 0.297 e. The number of aromatic nitrogens is 2. The number of amides is 1. The van der Waals surface area contributed by atoms with Crippen molar-refractivity contribution < 1.29 is 9.18 Å². The van der Waals surface area contributed by atoms with Gasteiger partial charge in [-0.1, -0.05) is 42.7 Å². The Morgan fingerprint density at radius 3 is 2.87 bits per heavy atom. The first-order chi connectivity index (χ1) is 11.2. The minimum atomic E-state index is -0.325. The van der Waals surface area contributed by atoms with Gasteiger partial charge in [-0.25, -0.2) is 4.39 Å². The molecule has 2 aromatic rings. The molecule has 0 spiro atoms. The molecule has 0 saturated heterocycles. The van der Waals surface area contributed by atoms with Crippen LogP contribution in [0.1, 0.15) is 48.6 Å². The van der Waals surface area contributed by atoms with Crippen LogP contribution in [0.2, 0.25) is 0 Å². The van der Waals surface area contributed by atoms with E-state index in [0.29, 0.717) is 16.6 Å². The first kappa shape index (κ1) is 15.8. The Morgan fingerprint density at radius 1 is 1.26 bits per heavy atom. The fourth-order valence-corrected chi connectivity index (χ4v) is 3.64. The van der Waals surface area contributed by atoms with Crippen LogP contribution >= 0.6 is 11.3 Å². The first-order valence-electron chi connectivity index (χ1n) is 7.79. The second kappa shape index (κ2) is 7.46. The Hall–Kier alpha value is -2.08. The van der Waals surface area contributed by atoms with Gasteiger partial charge in [0.15, 0.2) is 0 Å². The topological polar surface area (TPSA) is 54.9 Å². The van der Waals surface area contributed by atoms with Crippen molar-refractivity contribution in [2.45, 2.75) is 38.0 Å². The third-order valence-electron chi connectivity index (χ3n) is 3.90. The van der Waals surface area contributed by atoms with Crippen LogP contribution in [-0.2, 0) is 4.79 Å². The molecule has 4 nitrogen and oxygen atoms in total. The fraction of sp³-hybridized carbons (Fsp3) is 0.353. The van der Waals surface area contributed by atoms with Crippen LogP contribution in [0.4, 0.5) is 9.52 Å². The van der Waals surface area contributed by atoms with E-state index in [0.717, 1.165) is 17.8 Å². The molecule has 0 atom stereocenters. The maximum absolute atomic E-state index is 13.1. The van der Waals surface area contributed by atoms with E-state index in [-0.39, 0.29) is 11.7 Å². The SMILES string of the molecule is O=C(/C=C/c1cccc(F)c1)Nc1nnc(C2CCCCC2)s1. The van der Waals surface area contributed by atoms with E-state index in [9.17, 15) is 9.18 Å². The minimum Gasteiger partial charge on any atom is -0.297 e. The van der Waals surface area contributed by atoms with Gasteiger partial charge in [0.05, 0.1) is 0 Å². The number of hydrogen-bond donors (Lipinski definition) is 1. The zero-order chi connectivity index (χ0) is 16.1. The molecule has 1 aliphatic carbocycles. The number of anilines is 1. The van der Waals surface area contributed by atoms with Crippen LogP contribution in [0, 0.1) is 5.82 Å². The van der Waals surface area contributed by atoms with Gasteiger partial charge in [0, 0.05) is 12.0 Å². The van der Waals surface area contributed by atoms with Crippen LogP contribution in [0.3, 0.4) is 0 Å². The Bertz CT molecular complexity index is 707. The number of benzene rings is 1. The average molecular weight is 331 g/mol. The monoisotopic (exact) mass is 331 g/mol. The van der Waals surface area contributed by atoms with Crippen LogP contribution < -0.4 is 5.32 Å². The molecule has 1 aliphatic rings. The Balaban J connectivity index is 1.58. The van der Waals surface area contributed by atoms with Gasteiger partial charge in [-0.05, 0) is 36.6 Å². The Morgan fingerprint density at radius 2 is 2.09 bits per heavy atom. The molecule has 1 aromatic carbocycles. The fourth-order valence-electron chi connectivity index (χ4n) is 2.73. The second-order valence-electron chi connectivity index (χ2n) is 5.66. The maximum atomic E-state index is 13.1. The van der Waals surface area contributed by atoms with E-state index in [2.05, 4.69) is 15.5 Å². The van der Waals surface area contributed by atoms with E-state index in [1.807, 2.05) is 0 Å². The van der Waals surface area contributed by atoms with Gasteiger partial charge in [0.2, 0.25) is 11.0 Å². The summed E-state index contributed by atoms with van der Waals surface area (Å²) in [4.78, 5) is 11.9. The lowest BCUT2D eigenvalue weighted by atomic mass is 9.90. The summed E-state index contributed by atoms with van der Waals surface area (Å²) in [5.41, 5.74) is 0.639. The van der Waals surface area contributed by atoms with Gasteiger partial charge >= 0.3 is 0 Å². The van der Waals surface area contributed by atoms with Gasteiger partial charge in [0.25, 0.3) is 0 Å². The minimum absolute atomic E-state index is 0.291. The molecule has 0 bridgehead atoms. The Labute approximate surface area is 138 Å². The molecule has 23 heavy (non-hydrogen) atoms. The zero-order valence-corrected chi connectivity index (χ0v) is 13.5.